The maximum atomic E-state index is 12.4. The van der Waals surface area contributed by atoms with Gasteiger partial charge in [0.2, 0.25) is 16.9 Å². The molecule has 0 spiro atoms. The summed E-state index contributed by atoms with van der Waals surface area (Å²) in [6.07, 6.45) is 3.16. The van der Waals surface area contributed by atoms with E-state index in [1.807, 2.05) is 12.1 Å². The molecule has 0 radical (unpaired) electrons. The Morgan fingerprint density at radius 3 is 2.48 bits per heavy atom. The van der Waals surface area contributed by atoms with Gasteiger partial charge in [0.25, 0.3) is 0 Å². The Morgan fingerprint density at radius 1 is 1.00 bits per heavy atom. The van der Waals surface area contributed by atoms with Crippen LogP contribution >= 0.6 is 11.3 Å². The topological polar surface area (TPSA) is 133 Å². The zero-order valence-corrected chi connectivity index (χ0v) is 21.9. The number of carbonyl (C=O) groups is 2. The lowest BCUT2D eigenvalue weighted by atomic mass is 9.95. The second-order valence-electron chi connectivity index (χ2n) is 8.84. The number of hydrogen-bond acceptors (Lipinski definition) is 8. The number of unbranched alkanes of at least 4 members (excludes halogenated alkanes) is 1. The Hall–Kier alpha value is -4.39. The molecule has 1 atom stereocenters. The normalized spacial score (nSPS) is 12.1. The van der Waals surface area contributed by atoms with E-state index < -0.39 is 24.1 Å². The molecule has 0 aliphatic rings. The van der Waals surface area contributed by atoms with E-state index in [2.05, 4.69) is 30.2 Å². The van der Waals surface area contributed by atoms with E-state index in [1.54, 1.807) is 30.7 Å². The number of pyridine rings is 2. The predicted molar refractivity (Wildman–Crippen MR) is 142 cm³/mol. The summed E-state index contributed by atoms with van der Waals surface area (Å²) in [5.74, 6) is -1.94. The molecule has 3 heterocycles. The summed E-state index contributed by atoms with van der Waals surface area (Å²) in [5, 5.41) is 11.8. The van der Waals surface area contributed by atoms with Crippen molar-refractivity contribution in [2.24, 2.45) is 5.73 Å². The molecule has 3 aromatic heterocycles. The van der Waals surface area contributed by atoms with Crippen molar-refractivity contribution in [3.63, 3.8) is 0 Å². The van der Waals surface area contributed by atoms with Crippen molar-refractivity contribution in [1.82, 2.24) is 20.2 Å². The van der Waals surface area contributed by atoms with Crippen molar-refractivity contribution in [2.75, 3.05) is 5.32 Å². The summed E-state index contributed by atoms with van der Waals surface area (Å²) in [7, 11) is 0. The fourth-order valence-corrected chi connectivity index (χ4v) is 4.80. The molecule has 1 aromatic carbocycles. The summed E-state index contributed by atoms with van der Waals surface area (Å²) in [4.78, 5) is 32.8. The Morgan fingerprint density at radius 2 is 1.77 bits per heavy atom. The minimum Gasteiger partial charge on any atom is -0.406 e. The number of primary amides is 1. The van der Waals surface area contributed by atoms with Gasteiger partial charge in [-0.15, -0.1) is 23.4 Å². The van der Waals surface area contributed by atoms with E-state index in [0.717, 1.165) is 35.4 Å². The largest absolute Gasteiger partial charge is 0.573 e. The number of amides is 2. The van der Waals surface area contributed by atoms with Gasteiger partial charge in [-0.25, -0.2) is 0 Å². The lowest BCUT2D eigenvalue weighted by Crippen LogP contribution is -2.23. The zero-order valence-electron chi connectivity index (χ0n) is 21.1. The Kier molecular flexibility index (Phi) is 9.38. The number of nitrogens with one attached hydrogen (secondary N) is 1. The van der Waals surface area contributed by atoms with Gasteiger partial charge in [0.15, 0.2) is 0 Å². The van der Waals surface area contributed by atoms with Crippen molar-refractivity contribution in [1.29, 1.82) is 0 Å². The summed E-state index contributed by atoms with van der Waals surface area (Å²) in [6.45, 7) is 0. The summed E-state index contributed by atoms with van der Waals surface area (Å²) in [6, 6.07) is 12.5. The average Bonchev–Trinajstić information content (AvgIpc) is 3.34. The van der Waals surface area contributed by atoms with Crippen LogP contribution in [0.5, 0.6) is 5.75 Å². The van der Waals surface area contributed by atoms with E-state index in [-0.39, 0.29) is 12.2 Å². The SMILES string of the molecule is NC(=O)C(c1ccncc1)c1ccc(CCCCc2nnc(NC(=O)Cc3cccc(OC(F)(F)F)c3)s2)cn1. The van der Waals surface area contributed by atoms with Crippen LogP contribution in [0, 0.1) is 0 Å². The first-order valence-electron chi connectivity index (χ1n) is 12.3. The molecular weight excluding hydrogens is 545 g/mol. The highest BCUT2D eigenvalue weighted by Gasteiger charge is 2.31. The van der Waals surface area contributed by atoms with Crippen LogP contribution in [-0.4, -0.2) is 38.3 Å². The number of ether oxygens (including phenoxy) is 1. The van der Waals surface area contributed by atoms with Gasteiger partial charge >= 0.3 is 6.36 Å². The second kappa shape index (κ2) is 13.1. The molecule has 4 aromatic rings. The number of alkyl halides is 3. The number of aryl methyl sites for hydroxylation is 2. The van der Waals surface area contributed by atoms with Crippen LogP contribution in [0.3, 0.4) is 0 Å². The monoisotopic (exact) mass is 570 g/mol. The smallest absolute Gasteiger partial charge is 0.406 e. The van der Waals surface area contributed by atoms with Crippen molar-refractivity contribution in [3.05, 3.63) is 94.5 Å². The molecule has 0 saturated heterocycles. The average molecular weight is 571 g/mol. The fraction of sp³-hybridized carbons (Fsp3) is 0.259. The van der Waals surface area contributed by atoms with Crippen LogP contribution in [0.1, 0.15) is 46.2 Å². The minimum absolute atomic E-state index is 0.139. The first-order chi connectivity index (χ1) is 19.2. The first-order valence-corrected chi connectivity index (χ1v) is 13.1. The maximum absolute atomic E-state index is 12.4. The number of carbonyl (C=O) groups excluding carboxylic acids is 2. The minimum atomic E-state index is -4.80. The van der Waals surface area contributed by atoms with Crippen LogP contribution in [-0.2, 0) is 28.9 Å². The summed E-state index contributed by atoms with van der Waals surface area (Å²) in [5.41, 5.74) is 8.31. The van der Waals surface area contributed by atoms with Gasteiger partial charge < -0.3 is 15.8 Å². The number of halogens is 3. The Balaban J connectivity index is 1.22. The molecule has 0 saturated carbocycles. The Bertz CT molecular complexity index is 1430. The number of benzene rings is 1. The van der Waals surface area contributed by atoms with Gasteiger partial charge in [-0.2, -0.15) is 0 Å². The van der Waals surface area contributed by atoms with Gasteiger partial charge in [-0.3, -0.25) is 19.6 Å². The summed E-state index contributed by atoms with van der Waals surface area (Å²) >= 11 is 1.25. The molecule has 4 rings (SSSR count). The standard InChI is InChI=1S/C27H25F3N6O3S/c28-27(29,30)39-20-6-3-5-18(14-20)15-22(37)34-26-36-35-23(40-26)7-2-1-4-17-8-9-21(33-16-17)24(25(31)38)19-10-12-32-13-11-19/h3,5-6,8-14,16,24H,1-2,4,7,15H2,(H2,31,38)(H,34,36,37). The van der Waals surface area contributed by atoms with Crippen molar-refractivity contribution in [3.8, 4) is 5.75 Å². The maximum Gasteiger partial charge on any atom is 0.573 e. The molecular formula is C27H25F3N6O3S. The van der Waals surface area contributed by atoms with Gasteiger partial charge in [0.1, 0.15) is 16.7 Å². The molecule has 0 aliphatic carbocycles. The second-order valence-corrected chi connectivity index (χ2v) is 9.90. The lowest BCUT2D eigenvalue weighted by Gasteiger charge is -2.13. The van der Waals surface area contributed by atoms with Crippen LogP contribution in [0.2, 0.25) is 0 Å². The van der Waals surface area contributed by atoms with Gasteiger partial charge in [0.05, 0.1) is 12.1 Å². The number of nitrogens with two attached hydrogens (primary N) is 1. The molecule has 9 nitrogen and oxygen atoms in total. The van der Waals surface area contributed by atoms with E-state index in [1.165, 1.54) is 35.6 Å². The van der Waals surface area contributed by atoms with Gasteiger partial charge in [0, 0.05) is 25.0 Å². The first kappa shape index (κ1) is 28.6. The lowest BCUT2D eigenvalue weighted by molar-refractivity contribution is -0.274. The van der Waals surface area contributed by atoms with Crippen LogP contribution in [0.25, 0.3) is 0 Å². The van der Waals surface area contributed by atoms with E-state index in [4.69, 9.17) is 5.73 Å². The van der Waals surface area contributed by atoms with E-state index in [0.29, 0.717) is 22.8 Å². The molecule has 13 heteroatoms. The van der Waals surface area contributed by atoms with E-state index >= 15 is 0 Å². The quantitative estimate of drug-likeness (QED) is 0.238. The molecule has 0 fully saturated rings. The van der Waals surface area contributed by atoms with Gasteiger partial charge in [-0.05, 0) is 66.3 Å². The fourth-order valence-electron chi connectivity index (χ4n) is 4.00. The van der Waals surface area contributed by atoms with Crippen molar-refractivity contribution < 1.29 is 27.5 Å². The Labute approximate surface area is 231 Å². The number of nitrogens with zero attached hydrogens (tertiary/aromatic N) is 4. The number of hydrogen-bond donors (Lipinski definition) is 2. The molecule has 208 valence electrons. The third-order valence-corrected chi connectivity index (χ3v) is 6.68. The highest BCUT2D eigenvalue weighted by atomic mass is 32.1. The molecule has 0 aliphatic heterocycles. The molecule has 2 amide bonds. The highest BCUT2D eigenvalue weighted by Crippen LogP contribution is 2.25. The van der Waals surface area contributed by atoms with Crippen LogP contribution in [0.15, 0.2) is 67.1 Å². The number of aromatic nitrogens is 4. The zero-order chi connectivity index (χ0) is 28.5. The van der Waals surface area contributed by atoms with Crippen molar-refractivity contribution >= 4 is 28.3 Å². The molecule has 40 heavy (non-hydrogen) atoms. The third kappa shape index (κ3) is 8.56. The molecule has 1 unspecified atom stereocenters. The highest BCUT2D eigenvalue weighted by molar-refractivity contribution is 7.15. The van der Waals surface area contributed by atoms with Gasteiger partial charge in [-0.1, -0.05) is 29.5 Å². The third-order valence-electron chi connectivity index (χ3n) is 5.78. The van der Waals surface area contributed by atoms with Crippen LogP contribution in [0.4, 0.5) is 18.3 Å². The predicted octanol–water partition coefficient (Wildman–Crippen LogP) is 4.59. The van der Waals surface area contributed by atoms with Crippen molar-refractivity contribution in [2.45, 2.75) is 44.4 Å². The molecule has 3 N–H and O–H groups in total. The number of anilines is 1. The summed E-state index contributed by atoms with van der Waals surface area (Å²) < 4.78 is 41.1. The van der Waals surface area contributed by atoms with E-state index in [9.17, 15) is 22.8 Å². The molecule has 0 bridgehead atoms. The number of rotatable bonds is 12. The van der Waals surface area contributed by atoms with Crippen LogP contribution < -0.4 is 15.8 Å².